The van der Waals surface area contributed by atoms with Gasteiger partial charge in [-0.2, -0.15) is 0 Å². The molecule has 5 nitrogen and oxygen atoms in total. The minimum Gasteiger partial charge on any atom is -0.322 e. The molecule has 0 aliphatic carbocycles. The molecule has 0 spiro atoms. The second-order valence-electron chi connectivity index (χ2n) is 7.93. The first-order valence-electron chi connectivity index (χ1n) is 10.4. The summed E-state index contributed by atoms with van der Waals surface area (Å²) in [5.41, 5.74) is 4.99. The summed E-state index contributed by atoms with van der Waals surface area (Å²) >= 11 is 6.01. The average molecular weight is 446 g/mol. The summed E-state index contributed by atoms with van der Waals surface area (Å²) in [6.07, 6.45) is 0. The molecule has 6 heteroatoms. The van der Waals surface area contributed by atoms with E-state index >= 15 is 0 Å². The number of nitrogens with one attached hydrogen (secondary N) is 2. The van der Waals surface area contributed by atoms with Crippen molar-refractivity contribution >= 4 is 34.2 Å². The molecule has 3 aromatic carbocycles. The number of halogens is 1. The van der Waals surface area contributed by atoms with Crippen molar-refractivity contribution in [2.24, 2.45) is 0 Å². The summed E-state index contributed by atoms with van der Waals surface area (Å²) in [7, 11) is 0. The van der Waals surface area contributed by atoms with Crippen LogP contribution in [0.5, 0.6) is 0 Å². The van der Waals surface area contributed by atoms with Gasteiger partial charge in [0.05, 0.1) is 6.54 Å². The van der Waals surface area contributed by atoms with Gasteiger partial charge in [0.15, 0.2) is 0 Å². The van der Waals surface area contributed by atoms with Gasteiger partial charge in [0.2, 0.25) is 0 Å². The van der Waals surface area contributed by atoms with Crippen molar-refractivity contribution in [1.29, 1.82) is 0 Å². The number of carbonyl (C=O) groups is 1. The van der Waals surface area contributed by atoms with Gasteiger partial charge in [-0.25, -0.2) is 4.79 Å². The van der Waals surface area contributed by atoms with Crippen LogP contribution in [0.1, 0.15) is 22.3 Å². The fourth-order valence-electron chi connectivity index (χ4n) is 3.58. The monoisotopic (exact) mass is 445 g/mol. The highest BCUT2D eigenvalue weighted by Crippen LogP contribution is 2.19. The molecule has 4 rings (SSSR count). The van der Waals surface area contributed by atoms with E-state index in [0.29, 0.717) is 22.8 Å². The van der Waals surface area contributed by atoms with E-state index in [1.54, 1.807) is 17.0 Å². The lowest BCUT2D eigenvalue weighted by molar-refractivity contribution is 0.206. The second-order valence-corrected chi connectivity index (χ2v) is 8.36. The first kappa shape index (κ1) is 21.7. The number of benzene rings is 3. The van der Waals surface area contributed by atoms with E-state index in [2.05, 4.69) is 16.4 Å². The highest BCUT2D eigenvalue weighted by molar-refractivity contribution is 6.30. The van der Waals surface area contributed by atoms with Crippen molar-refractivity contribution in [1.82, 2.24) is 9.88 Å². The van der Waals surface area contributed by atoms with Crippen LogP contribution < -0.4 is 10.9 Å². The van der Waals surface area contributed by atoms with Crippen LogP contribution in [-0.2, 0) is 13.1 Å². The third kappa shape index (κ3) is 5.01. The zero-order chi connectivity index (χ0) is 22.7. The molecular formula is C26H24ClN3O2. The Balaban J connectivity index is 1.66. The lowest BCUT2D eigenvalue weighted by Crippen LogP contribution is -2.35. The fourth-order valence-corrected chi connectivity index (χ4v) is 3.70. The first-order chi connectivity index (χ1) is 15.4. The standard InChI is InChI=1S/C26H24ClN3O2/c1-17-12-20-14-21(25(31)29-24(20)13-18(17)2)16-30(15-19-8-10-22(27)11-9-19)26(32)28-23-6-4-3-5-7-23/h3-14H,15-16H2,1-2H3,(H,28,32)(H,29,31). The van der Waals surface area contributed by atoms with Crippen LogP contribution in [0.4, 0.5) is 10.5 Å². The number of rotatable bonds is 5. The van der Waals surface area contributed by atoms with E-state index in [1.807, 2.05) is 68.4 Å². The molecule has 2 amide bonds. The summed E-state index contributed by atoms with van der Waals surface area (Å²) in [5.74, 6) is 0. The molecule has 1 heterocycles. The fraction of sp³-hybridized carbons (Fsp3) is 0.154. The Hall–Kier alpha value is -3.57. The van der Waals surface area contributed by atoms with Crippen LogP contribution in [0.3, 0.4) is 0 Å². The van der Waals surface area contributed by atoms with Gasteiger partial charge in [-0.05, 0) is 78.4 Å². The number of carbonyl (C=O) groups excluding carboxylic acids is 1. The Morgan fingerprint density at radius 2 is 1.62 bits per heavy atom. The van der Waals surface area contributed by atoms with Crippen LogP contribution in [0.25, 0.3) is 10.9 Å². The largest absolute Gasteiger partial charge is 0.322 e. The molecule has 162 valence electrons. The predicted molar refractivity (Wildman–Crippen MR) is 130 cm³/mol. The van der Waals surface area contributed by atoms with Gasteiger partial charge in [-0.3, -0.25) is 4.79 Å². The quantitative estimate of drug-likeness (QED) is 0.393. The highest BCUT2D eigenvalue weighted by atomic mass is 35.5. The van der Waals surface area contributed by atoms with Gasteiger partial charge in [0.25, 0.3) is 5.56 Å². The van der Waals surface area contributed by atoms with Crippen molar-refractivity contribution in [3.05, 3.63) is 110 Å². The van der Waals surface area contributed by atoms with Gasteiger partial charge in [0.1, 0.15) is 0 Å². The third-order valence-electron chi connectivity index (χ3n) is 5.50. The summed E-state index contributed by atoms with van der Waals surface area (Å²) in [4.78, 5) is 30.5. The second kappa shape index (κ2) is 9.28. The third-order valence-corrected chi connectivity index (χ3v) is 5.75. The maximum Gasteiger partial charge on any atom is 0.322 e. The van der Waals surface area contributed by atoms with Crippen molar-refractivity contribution in [2.45, 2.75) is 26.9 Å². The molecule has 4 aromatic rings. The number of aromatic nitrogens is 1. The number of pyridine rings is 1. The van der Waals surface area contributed by atoms with Gasteiger partial charge in [0, 0.05) is 28.3 Å². The van der Waals surface area contributed by atoms with Crippen molar-refractivity contribution < 1.29 is 4.79 Å². The Morgan fingerprint density at radius 3 is 2.34 bits per heavy atom. The first-order valence-corrected chi connectivity index (χ1v) is 10.8. The molecular weight excluding hydrogens is 422 g/mol. The molecule has 0 fully saturated rings. The number of nitrogens with zero attached hydrogens (tertiary/aromatic N) is 1. The summed E-state index contributed by atoms with van der Waals surface area (Å²) in [6, 6.07) is 22.2. The number of aryl methyl sites for hydroxylation is 2. The minimum absolute atomic E-state index is 0.166. The molecule has 0 aliphatic rings. The van der Waals surface area contributed by atoms with Crippen LogP contribution in [0.2, 0.25) is 5.02 Å². The molecule has 0 radical (unpaired) electrons. The van der Waals surface area contributed by atoms with Crippen LogP contribution in [-0.4, -0.2) is 15.9 Å². The molecule has 0 saturated heterocycles. The Kier molecular flexibility index (Phi) is 6.28. The van der Waals surface area contributed by atoms with E-state index in [0.717, 1.165) is 27.6 Å². The number of anilines is 1. The number of hydrogen-bond acceptors (Lipinski definition) is 2. The van der Waals surface area contributed by atoms with Crippen LogP contribution in [0, 0.1) is 13.8 Å². The van der Waals surface area contributed by atoms with E-state index in [-0.39, 0.29) is 18.1 Å². The maximum absolute atomic E-state index is 13.1. The molecule has 0 saturated carbocycles. The van der Waals surface area contributed by atoms with Gasteiger partial charge in [-0.1, -0.05) is 41.9 Å². The number of H-pyrrole nitrogens is 1. The molecule has 0 bridgehead atoms. The summed E-state index contributed by atoms with van der Waals surface area (Å²) in [6.45, 7) is 4.56. The van der Waals surface area contributed by atoms with Crippen LogP contribution >= 0.6 is 11.6 Å². The Morgan fingerprint density at radius 1 is 0.938 bits per heavy atom. The smallest absolute Gasteiger partial charge is 0.322 e. The lowest BCUT2D eigenvalue weighted by Gasteiger charge is -2.23. The van der Waals surface area contributed by atoms with Crippen molar-refractivity contribution in [3.63, 3.8) is 0 Å². The van der Waals surface area contributed by atoms with Crippen molar-refractivity contribution in [2.75, 3.05) is 5.32 Å². The normalized spacial score (nSPS) is 10.8. The Labute approximate surface area is 191 Å². The van der Waals surface area contributed by atoms with Gasteiger partial charge in [-0.15, -0.1) is 0 Å². The Bertz CT molecular complexity index is 1310. The topological polar surface area (TPSA) is 65.2 Å². The van der Waals surface area contributed by atoms with E-state index < -0.39 is 0 Å². The van der Waals surface area contributed by atoms with E-state index in [1.165, 1.54) is 0 Å². The number of fused-ring (bicyclic) bond motifs is 1. The lowest BCUT2D eigenvalue weighted by atomic mass is 10.0. The number of para-hydroxylation sites is 1. The minimum atomic E-state index is -0.286. The zero-order valence-corrected chi connectivity index (χ0v) is 18.7. The van der Waals surface area contributed by atoms with Crippen molar-refractivity contribution in [3.8, 4) is 0 Å². The van der Waals surface area contributed by atoms with Gasteiger partial charge < -0.3 is 15.2 Å². The molecule has 0 unspecified atom stereocenters. The summed E-state index contributed by atoms with van der Waals surface area (Å²) in [5, 5.41) is 4.49. The maximum atomic E-state index is 13.1. The van der Waals surface area contributed by atoms with E-state index in [9.17, 15) is 9.59 Å². The highest BCUT2D eigenvalue weighted by Gasteiger charge is 2.17. The number of amides is 2. The number of aromatic amines is 1. The molecule has 2 N–H and O–H groups in total. The number of hydrogen-bond donors (Lipinski definition) is 2. The molecule has 0 atom stereocenters. The molecule has 1 aromatic heterocycles. The SMILES string of the molecule is Cc1cc2cc(CN(Cc3ccc(Cl)cc3)C(=O)Nc3ccccc3)c(=O)[nH]c2cc1C. The summed E-state index contributed by atoms with van der Waals surface area (Å²) < 4.78 is 0. The average Bonchev–Trinajstić information content (AvgIpc) is 2.77. The van der Waals surface area contributed by atoms with E-state index in [4.69, 9.17) is 11.6 Å². The molecule has 32 heavy (non-hydrogen) atoms. The van der Waals surface area contributed by atoms with Crippen LogP contribution in [0.15, 0.2) is 77.6 Å². The number of urea groups is 1. The molecule has 0 aliphatic heterocycles. The van der Waals surface area contributed by atoms with Gasteiger partial charge >= 0.3 is 6.03 Å². The zero-order valence-electron chi connectivity index (χ0n) is 18.0. The predicted octanol–water partition coefficient (Wildman–Crippen LogP) is 6.03.